The normalized spacial score (nSPS) is 18.3. The number of hydrogen-bond acceptors (Lipinski definition) is 4. The monoisotopic (exact) mass is 418 g/mol. The lowest BCUT2D eigenvalue weighted by atomic mass is 10.00. The van der Waals surface area contributed by atoms with Crippen molar-refractivity contribution in [3.63, 3.8) is 0 Å². The van der Waals surface area contributed by atoms with Gasteiger partial charge in [-0.3, -0.25) is 4.79 Å². The molecule has 0 aromatic heterocycles. The van der Waals surface area contributed by atoms with Crippen molar-refractivity contribution >= 4 is 28.4 Å². The number of carboxylic acid groups (broad SMARTS) is 1. The molecule has 2 rings (SSSR count). The number of halogens is 1. The highest BCUT2D eigenvalue weighted by Gasteiger charge is 2.30. The molecule has 6 nitrogen and oxygen atoms in total. The van der Waals surface area contributed by atoms with Crippen molar-refractivity contribution in [2.75, 3.05) is 26.2 Å². The molecule has 154 valence electrons. The number of rotatable bonds is 9. The molecule has 0 bridgehead atoms. The molecule has 1 saturated heterocycles. The summed E-state index contributed by atoms with van der Waals surface area (Å²) in [7, 11) is -3.50. The summed E-state index contributed by atoms with van der Waals surface area (Å²) in [5.41, 5.74) is 1.16. The van der Waals surface area contributed by atoms with Crippen LogP contribution in [0.15, 0.2) is 29.2 Å². The fraction of sp³-hybridized carbons (Fsp3) is 0.632. The van der Waals surface area contributed by atoms with Crippen LogP contribution in [0, 0.1) is 11.8 Å². The van der Waals surface area contributed by atoms with Crippen LogP contribution >= 0.6 is 12.4 Å². The van der Waals surface area contributed by atoms with E-state index in [9.17, 15) is 13.2 Å². The van der Waals surface area contributed by atoms with Crippen LogP contribution in [-0.4, -0.2) is 50.0 Å². The van der Waals surface area contributed by atoms with Gasteiger partial charge in [-0.25, -0.2) is 8.42 Å². The number of nitrogens with one attached hydrogen (secondary N) is 1. The van der Waals surface area contributed by atoms with Gasteiger partial charge in [-0.1, -0.05) is 26.0 Å². The number of aliphatic carboxylic acids is 1. The molecule has 0 spiro atoms. The summed E-state index contributed by atoms with van der Waals surface area (Å²) in [6.45, 7) is 5.73. The molecule has 1 aromatic rings. The maximum absolute atomic E-state index is 12.9. The molecule has 1 aliphatic heterocycles. The standard InChI is InChI=1S/C19H30N2O4S.ClH/c1-15(2)5-6-16-7-9-18(10-8-16)26(24,25)21-11-3-4-17(14-21)12-20-13-19(22)23;/h7-10,15,17,20H,3-6,11-14H2,1-2H3,(H,22,23);1H. The second-order valence-corrected chi connectivity index (χ2v) is 9.41. The van der Waals surface area contributed by atoms with Crippen molar-refractivity contribution in [2.45, 2.75) is 44.4 Å². The topological polar surface area (TPSA) is 86.7 Å². The first kappa shape index (κ1) is 23.9. The average Bonchev–Trinajstić information content (AvgIpc) is 2.60. The molecule has 27 heavy (non-hydrogen) atoms. The number of aryl methyl sites for hydroxylation is 1. The third-order valence-corrected chi connectivity index (χ3v) is 6.64. The third-order valence-electron chi connectivity index (χ3n) is 4.76. The highest BCUT2D eigenvalue weighted by atomic mass is 35.5. The zero-order chi connectivity index (χ0) is 19.2. The summed E-state index contributed by atoms with van der Waals surface area (Å²) in [6.07, 6.45) is 3.75. The van der Waals surface area contributed by atoms with Gasteiger partial charge in [-0.15, -0.1) is 12.4 Å². The molecule has 1 heterocycles. The van der Waals surface area contributed by atoms with E-state index >= 15 is 0 Å². The predicted octanol–water partition coefficient (Wildman–Crippen LogP) is 2.77. The zero-order valence-corrected chi connectivity index (χ0v) is 17.7. The Kier molecular flexibility index (Phi) is 9.73. The second-order valence-electron chi connectivity index (χ2n) is 7.47. The average molecular weight is 419 g/mol. The van der Waals surface area contributed by atoms with Crippen LogP contribution < -0.4 is 5.32 Å². The van der Waals surface area contributed by atoms with Crippen molar-refractivity contribution in [1.82, 2.24) is 9.62 Å². The number of carboxylic acids is 1. The maximum Gasteiger partial charge on any atom is 0.317 e. The highest BCUT2D eigenvalue weighted by molar-refractivity contribution is 7.89. The number of sulfonamides is 1. The lowest BCUT2D eigenvalue weighted by Crippen LogP contribution is -2.43. The number of nitrogens with zero attached hydrogens (tertiary/aromatic N) is 1. The number of benzene rings is 1. The minimum Gasteiger partial charge on any atom is -0.480 e. The fourth-order valence-electron chi connectivity index (χ4n) is 3.23. The van der Waals surface area contributed by atoms with Gasteiger partial charge in [0.25, 0.3) is 0 Å². The Morgan fingerprint density at radius 2 is 1.96 bits per heavy atom. The first-order valence-corrected chi connectivity index (χ1v) is 10.7. The molecular formula is C19H31ClN2O4S. The molecule has 8 heteroatoms. The summed E-state index contributed by atoms with van der Waals surface area (Å²) in [5, 5.41) is 11.6. The molecule has 1 fully saturated rings. The van der Waals surface area contributed by atoms with E-state index in [1.807, 2.05) is 12.1 Å². The van der Waals surface area contributed by atoms with Crippen LogP contribution in [0.5, 0.6) is 0 Å². The van der Waals surface area contributed by atoms with Crippen molar-refractivity contribution < 1.29 is 18.3 Å². The van der Waals surface area contributed by atoms with E-state index < -0.39 is 16.0 Å². The van der Waals surface area contributed by atoms with Crippen LogP contribution in [0.2, 0.25) is 0 Å². The van der Waals surface area contributed by atoms with Gasteiger partial charge in [0.2, 0.25) is 10.0 Å². The molecule has 1 aliphatic rings. The van der Waals surface area contributed by atoms with Gasteiger partial charge in [0, 0.05) is 13.1 Å². The van der Waals surface area contributed by atoms with E-state index in [2.05, 4.69) is 19.2 Å². The molecule has 2 N–H and O–H groups in total. The Bertz CT molecular complexity index is 692. The second kappa shape index (κ2) is 11.0. The third kappa shape index (κ3) is 7.41. The summed E-state index contributed by atoms with van der Waals surface area (Å²) in [5.74, 6) is -0.135. The Hall–Kier alpha value is -1.15. The molecule has 0 aliphatic carbocycles. The Morgan fingerprint density at radius 1 is 1.30 bits per heavy atom. The SMILES string of the molecule is CC(C)CCc1ccc(S(=O)(=O)N2CCCC(CNCC(=O)O)C2)cc1.Cl. The molecule has 1 aromatic carbocycles. The molecule has 0 saturated carbocycles. The van der Waals surface area contributed by atoms with E-state index in [0.29, 0.717) is 30.4 Å². The van der Waals surface area contributed by atoms with Gasteiger partial charge >= 0.3 is 5.97 Å². The fourth-order valence-corrected chi connectivity index (χ4v) is 4.78. The zero-order valence-electron chi connectivity index (χ0n) is 16.1. The molecular weight excluding hydrogens is 388 g/mol. The van der Waals surface area contributed by atoms with Crippen molar-refractivity contribution in [3.05, 3.63) is 29.8 Å². The first-order chi connectivity index (χ1) is 12.3. The van der Waals surface area contributed by atoms with Crippen LogP contribution in [-0.2, 0) is 21.2 Å². The number of hydrogen-bond donors (Lipinski definition) is 2. The smallest absolute Gasteiger partial charge is 0.317 e. The Morgan fingerprint density at radius 3 is 2.56 bits per heavy atom. The number of piperidine rings is 1. The minimum absolute atomic E-state index is 0. The van der Waals surface area contributed by atoms with Gasteiger partial charge in [0.05, 0.1) is 11.4 Å². The van der Waals surface area contributed by atoms with Gasteiger partial charge in [0.15, 0.2) is 0 Å². The Balaban J connectivity index is 0.00000364. The van der Waals surface area contributed by atoms with Crippen molar-refractivity contribution in [2.24, 2.45) is 11.8 Å². The van der Waals surface area contributed by atoms with Gasteiger partial charge in [-0.2, -0.15) is 4.31 Å². The van der Waals surface area contributed by atoms with E-state index in [-0.39, 0.29) is 24.9 Å². The predicted molar refractivity (Wildman–Crippen MR) is 109 cm³/mol. The van der Waals surface area contributed by atoms with E-state index in [4.69, 9.17) is 5.11 Å². The number of carbonyl (C=O) groups is 1. The van der Waals surface area contributed by atoms with Crippen molar-refractivity contribution in [3.8, 4) is 0 Å². The summed E-state index contributed by atoms with van der Waals surface area (Å²) in [4.78, 5) is 10.9. The lowest BCUT2D eigenvalue weighted by molar-refractivity contribution is -0.136. The summed E-state index contributed by atoms with van der Waals surface area (Å²) in [6, 6.07) is 7.23. The van der Waals surface area contributed by atoms with Crippen LogP contribution in [0.25, 0.3) is 0 Å². The molecule has 1 atom stereocenters. The first-order valence-electron chi connectivity index (χ1n) is 9.30. The quantitative estimate of drug-likeness (QED) is 0.643. The van der Waals surface area contributed by atoms with E-state index in [1.165, 1.54) is 4.31 Å². The van der Waals surface area contributed by atoms with Crippen LogP contribution in [0.1, 0.15) is 38.7 Å². The largest absolute Gasteiger partial charge is 0.480 e. The maximum atomic E-state index is 12.9. The Labute approximate surface area is 168 Å². The van der Waals surface area contributed by atoms with Gasteiger partial charge in [-0.05, 0) is 61.8 Å². The van der Waals surface area contributed by atoms with Crippen molar-refractivity contribution in [1.29, 1.82) is 0 Å². The van der Waals surface area contributed by atoms with E-state index in [1.54, 1.807) is 12.1 Å². The lowest BCUT2D eigenvalue weighted by Gasteiger charge is -2.32. The molecule has 0 amide bonds. The molecule has 1 unspecified atom stereocenters. The van der Waals surface area contributed by atoms with Crippen LogP contribution in [0.3, 0.4) is 0 Å². The van der Waals surface area contributed by atoms with Crippen LogP contribution in [0.4, 0.5) is 0 Å². The van der Waals surface area contributed by atoms with E-state index in [0.717, 1.165) is 31.2 Å². The summed E-state index contributed by atoms with van der Waals surface area (Å²) >= 11 is 0. The van der Waals surface area contributed by atoms with Gasteiger partial charge < -0.3 is 10.4 Å². The highest BCUT2D eigenvalue weighted by Crippen LogP contribution is 2.24. The molecule has 0 radical (unpaired) electrons. The minimum atomic E-state index is -3.50. The summed E-state index contributed by atoms with van der Waals surface area (Å²) < 4.78 is 27.3. The van der Waals surface area contributed by atoms with Gasteiger partial charge in [0.1, 0.15) is 0 Å².